The number of methoxy groups -OCH3 is 1. The van der Waals surface area contributed by atoms with E-state index >= 15 is 0 Å². The zero-order chi connectivity index (χ0) is 30.3. The Morgan fingerprint density at radius 2 is 1.76 bits per heavy atom. The van der Waals surface area contributed by atoms with Gasteiger partial charge in [-0.05, 0) is 57.7 Å². The molecule has 3 aliphatic rings. The summed E-state index contributed by atoms with van der Waals surface area (Å²) in [5.74, 6) is 2.14. The second-order valence-corrected chi connectivity index (χ2v) is 14.7. The number of quaternary nitrogens is 1. The van der Waals surface area contributed by atoms with Gasteiger partial charge in [0, 0.05) is 35.9 Å². The fraction of sp³-hybridized carbons (Fsp3) is 0.500. The smallest absolute Gasteiger partial charge is 0.135 e. The Kier molecular flexibility index (Phi) is 8.44. The fourth-order valence-corrected chi connectivity index (χ4v) is 7.86. The van der Waals surface area contributed by atoms with Gasteiger partial charge in [-0.3, -0.25) is 4.98 Å². The molecule has 4 nitrogen and oxygen atoms in total. The van der Waals surface area contributed by atoms with Crippen LogP contribution in [0.25, 0.3) is 10.9 Å². The molecule has 6 rings (SSSR count). The molecule has 0 saturated carbocycles. The van der Waals surface area contributed by atoms with Crippen LogP contribution in [0.1, 0.15) is 82.7 Å². The summed E-state index contributed by atoms with van der Waals surface area (Å²) in [7, 11) is 1.80. The summed E-state index contributed by atoms with van der Waals surface area (Å²) in [5, 5.41) is 1.19. The summed E-state index contributed by atoms with van der Waals surface area (Å²) in [6.07, 6.45) is 8.37. The van der Waals surface area contributed by atoms with E-state index in [9.17, 15) is 0 Å². The molecule has 42 heavy (non-hydrogen) atoms. The SMILES string of the molecule is C=CCO[C@H](c1ccnc2ccccc12)[C@@H]1C[C@@H]2CC[N@@+]1(Cc1cc(C(C)(C)C)c(OC)cc1C(C)(C)C)C[C@@H]2C=C. The average molecular weight is 568 g/mol. The summed E-state index contributed by atoms with van der Waals surface area (Å²) in [5.41, 5.74) is 6.30. The van der Waals surface area contributed by atoms with Gasteiger partial charge in [0.25, 0.3) is 0 Å². The monoisotopic (exact) mass is 567 g/mol. The third kappa shape index (κ3) is 5.68. The van der Waals surface area contributed by atoms with Crippen LogP contribution >= 0.6 is 0 Å². The minimum absolute atomic E-state index is 0.0150. The fourth-order valence-electron chi connectivity index (χ4n) is 7.86. The molecule has 0 N–H and O–H groups in total. The van der Waals surface area contributed by atoms with Gasteiger partial charge in [-0.25, -0.2) is 0 Å². The van der Waals surface area contributed by atoms with E-state index in [4.69, 9.17) is 9.47 Å². The molecule has 2 aromatic carbocycles. The molecule has 4 heteroatoms. The Morgan fingerprint density at radius 1 is 1.02 bits per heavy atom. The number of piperidine rings is 3. The molecule has 3 aromatic rings. The summed E-state index contributed by atoms with van der Waals surface area (Å²) >= 11 is 0. The number of rotatable bonds is 9. The summed E-state index contributed by atoms with van der Waals surface area (Å²) in [6.45, 7) is 25.9. The molecule has 1 aromatic heterocycles. The molecule has 0 spiro atoms. The third-order valence-electron chi connectivity index (χ3n) is 9.93. The molecular weight excluding hydrogens is 516 g/mol. The highest BCUT2D eigenvalue weighted by Crippen LogP contribution is 2.50. The standard InChI is InChI=1S/C38H51N2O2/c1-10-20-42-36(30-16-18-39-33-15-13-12-14-29(30)33)34-22-27-17-19-40(34,24-26(27)11-2)25-28-21-32(38(6,7)8)35(41-9)23-31(28)37(3,4)5/h10-16,18,21,23,26-27,34,36H,1-2,17,19-20,22,24-25H2,3-9H3/q+1/t26-,27-,34-,36+,40-/m0/s1. The highest BCUT2D eigenvalue weighted by atomic mass is 16.5. The zero-order valence-electron chi connectivity index (χ0n) is 27.0. The molecule has 4 heterocycles. The Hall–Kier alpha value is -2.95. The van der Waals surface area contributed by atoms with Crippen LogP contribution in [0.4, 0.5) is 0 Å². The molecule has 0 radical (unpaired) electrons. The quantitative estimate of drug-likeness (QED) is 0.191. The first-order chi connectivity index (χ1) is 19.9. The first kappa shape index (κ1) is 30.5. The topological polar surface area (TPSA) is 31.4 Å². The number of aromatic nitrogens is 1. The molecule has 5 atom stereocenters. The van der Waals surface area contributed by atoms with Crippen molar-refractivity contribution in [3.63, 3.8) is 0 Å². The Bertz CT molecular complexity index is 1440. The minimum atomic E-state index is -0.0529. The van der Waals surface area contributed by atoms with Crippen LogP contribution in [0, 0.1) is 11.8 Å². The van der Waals surface area contributed by atoms with Crippen molar-refractivity contribution < 1.29 is 14.0 Å². The normalized spacial score (nSPS) is 24.9. The van der Waals surface area contributed by atoms with Crippen molar-refractivity contribution in [2.75, 3.05) is 26.8 Å². The van der Waals surface area contributed by atoms with E-state index in [2.05, 4.69) is 108 Å². The first-order valence-electron chi connectivity index (χ1n) is 15.7. The highest BCUT2D eigenvalue weighted by molar-refractivity contribution is 5.82. The number of nitrogens with zero attached hydrogens (tertiary/aromatic N) is 2. The Balaban J connectivity index is 1.69. The van der Waals surface area contributed by atoms with Gasteiger partial charge in [-0.15, -0.1) is 13.2 Å². The van der Waals surface area contributed by atoms with Crippen molar-refractivity contribution in [1.29, 1.82) is 0 Å². The predicted octanol–water partition coefficient (Wildman–Crippen LogP) is 8.69. The molecule has 3 aliphatic heterocycles. The maximum atomic E-state index is 6.81. The lowest BCUT2D eigenvalue weighted by molar-refractivity contribution is -0.985. The molecule has 2 bridgehead atoms. The van der Waals surface area contributed by atoms with Crippen molar-refractivity contribution in [3.8, 4) is 5.75 Å². The van der Waals surface area contributed by atoms with Crippen LogP contribution in [0.2, 0.25) is 0 Å². The van der Waals surface area contributed by atoms with Crippen LogP contribution in [0.15, 0.2) is 74.0 Å². The second-order valence-electron chi connectivity index (χ2n) is 14.7. The van der Waals surface area contributed by atoms with Gasteiger partial charge in [0.05, 0.1) is 32.3 Å². The number of fused-ring (bicyclic) bond motifs is 4. The van der Waals surface area contributed by atoms with Crippen LogP contribution in [-0.2, 0) is 22.1 Å². The lowest BCUT2D eigenvalue weighted by Gasteiger charge is -2.59. The van der Waals surface area contributed by atoms with Crippen molar-refractivity contribution >= 4 is 10.9 Å². The molecule has 3 saturated heterocycles. The number of pyridine rings is 1. The number of benzene rings is 2. The number of para-hydroxylation sites is 1. The molecule has 0 amide bonds. The molecular formula is C38H51N2O2+. The highest BCUT2D eigenvalue weighted by Gasteiger charge is 2.55. The maximum absolute atomic E-state index is 6.81. The summed E-state index contributed by atoms with van der Waals surface area (Å²) in [6, 6.07) is 15.8. The van der Waals surface area contributed by atoms with Crippen molar-refractivity contribution in [3.05, 3.63) is 96.2 Å². The van der Waals surface area contributed by atoms with E-state index in [0.717, 1.165) is 41.8 Å². The van der Waals surface area contributed by atoms with Crippen LogP contribution in [-0.4, -0.2) is 42.3 Å². The molecule has 0 aliphatic carbocycles. The Labute approximate surface area is 254 Å². The predicted molar refractivity (Wildman–Crippen MR) is 175 cm³/mol. The lowest BCUT2D eigenvalue weighted by atomic mass is 9.70. The van der Waals surface area contributed by atoms with E-state index in [0.29, 0.717) is 24.5 Å². The first-order valence-corrected chi connectivity index (χ1v) is 15.7. The van der Waals surface area contributed by atoms with Crippen molar-refractivity contribution in [1.82, 2.24) is 4.98 Å². The largest absolute Gasteiger partial charge is 0.496 e. The second kappa shape index (κ2) is 11.6. The minimum Gasteiger partial charge on any atom is -0.496 e. The van der Waals surface area contributed by atoms with E-state index < -0.39 is 0 Å². The van der Waals surface area contributed by atoms with Gasteiger partial charge >= 0.3 is 0 Å². The van der Waals surface area contributed by atoms with E-state index in [-0.39, 0.29) is 16.9 Å². The number of hydrogen-bond donors (Lipinski definition) is 0. The van der Waals surface area contributed by atoms with Crippen LogP contribution in [0.3, 0.4) is 0 Å². The van der Waals surface area contributed by atoms with E-state index in [1.807, 2.05) is 12.3 Å². The maximum Gasteiger partial charge on any atom is 0.135 e. The van der Waals surface area contributed by atoms with E-state index in [1.54, 1.807) is 7.11 Å². The van der Waals surface area contributed by atoms with Gasteiger partial charge in [0.15, 0.2) is 0 Å². The van der Waals surface area contributed by atoms with Crippen molar-refractivity contribution in [2.24, 2.45) is 11.8 Å². The Morgan fingerprint density at radius 3 is 2.43 bits per heavy atom. The van der Waals surface area contributed by atoms with Gasteiger partial charge in [-0.2, -0.15) is 0 Å². The lowest BCUT2D eigenvalue weighted by Crippen LogP contribution is -2.67. The van der Waals surface area contributed by atoms with Gasteiger partial charge in [0.1, 0.15) is 24.4 Å². The van der Waals surface area contributed by atoms with Crippen molar-refractivity contribution in [2.45, 2.75) is 83.9 Å². The molecule has 224 valence electrons. The van der Waals surface area contributed by atoms with Crippen LogP contribution < -0.4 is 4.74 Å². The van der Waals surface area contributed by atoms with Gasteiger partial charge in [0.2, 0.25) is 0 Å². The van der Waals surface area contributed by atoms with Gasteiger partial charge < -0.3 is 14.0 Å². The van der Waals surface area contributed by atoms with E-state index in [1.165, 1.54) is 34.1 Å². The number of ether oxygens (including phenoxy) is 2. The third-order valence-corrected chi connectivity index (χ3v) is 9.93. The average Bonchev–Trinajstić information content (AvgIpc) is 2.96. The molecule has 0 unspecified atom stereocenters. The van der Waals surface area contributed by atoms with Crippen LogP contribution in [0.5, 0.6) is 5.75 Å². The summed E-state index contributed by atoms with van der Waals surface area (Å²) in [4.78, 5) is 4.69. The summed E-state index contributed by atoms with van der Waals surface area (Å²) < 4.78 is 13.8. The van der Waals surface area contributed by atoms with Gasteiger partial charge in [-0.1, -0.05) is 71.9 Å². The zero-order valence-corrected chi connectivity index (χ0v) is 27.0. The number of hydrogen-bond acceptors (Lipinski definition) is 3. The molecule has 3 fully saturated rings.